The van der Waals surface area contributed by atoms with Crippen LogP contribution in [0.25, 0.3) is 5.65 Å². The first-order valence-corrected chi connectivity index (χ1v) is 12.1. The smallest absolute Gasteiger partial charge is 0.408 e. The number of aromatic nitrogens is 3. The Bertz CT molecular complexity index is 1320. The molecule has 12 heteroatoms. The number of alkyl carbamates (subject to hydrolysis) is 1. The SMILES string of the molecule is COc1cc(Nc2nn3c(NCC(C)(C)NC(=O)OC(C)(C)C)cc(CCO)nc3c2C#N)cc(OC)c1. The largest absolute Gasteiger partial charge is 0.497 e. The van der Waals surface area contributed by atoms with E-state index < -0.39 is 17.2 Å². The van der Waals surface area contributed by atoms with Crippen molar-refractivity contribution in [1.82, 2.24) is 19.9 Å². The maximum atomic E-state index is 12.3. The molecule has 2 aromatic heterocycles. The van der Waals surface area contributed by atoms with Crippen molar-refractivity contribution in [3.05, 3.63) is 35.5 Å². The summed E-state index contributed by atoms with van der Waals surface area (Å²) in [5.41, 5.74) is 0.402. The number of hydrogen-bond donors (Lipinski definition) is 4. The van der Waals surface area contributed by atoms with E-state index in [1.807, 2.05) is 13.8 Å². The number of rotatable bonds is 10. The van der Waals surface area contributed by atoms with Crippen molar-refractivity contribution >= 4 is 29.1 Å². The van der Waals surface area contributed by atoms with E-state index in [0.717, 1.165) is 0 Å². The summed E-state index contributed by atoms with van der Waals surface area (Å²) in [6.45, 7) is 9.29. The number of carbonyl (C=O) groups excluding carboxylic acids is 1. The lowest BCUT2D eigenvalue weighted by molar-refractivity contribution is 0.0477. The Morgan fingerprint density at radius 3 is 2.32 bits per heavy atom. The minimum atomic E-state index is -0.696. The fraction of sp³-hybridized carbons (Fsp3) is 0.462. The molecule has 2 heterocycles. The molecule has 3 rings (SSSR count). The molecule has 0 fully saturated rings. The van der Waals surface area contributed by atoms with Crippen LogP contribution in [0, 0.1) is 11.3 Å². The average Bonchev–Trinajstić information content (AvgIpc) is 3.17. The molecule has 0 aliphatic heterocycles. The number of aliphatic hydroxyl groups excluding tert-OH is 1. The predicted octanol–water partition coefficient (Wildman–Crippen LogP) is 3.61. The molecule has 0 atom stereocenters. The minimum absolute atomic E-state index is 0.112. The van der Waals surface area contributed by atoms with Crippen molar-refractivity contribution in [1.29, 1.82) is 5.26 Å². The molecule has 4 N–H and O–H groups in total. The zero-order chi connectivity index (χ0) is 28.1. The molecule has 0 unspecified atom stereocenters. The molecule has 0 bridgehead atoms. The fourth-order valence-corrected chi connectivity index (χ4v) is 3.58. The Labute approximate surface area is 221 Å². The Morgan fingerprint density at radius 1 is 1.11 bits per heavy atom. The molecule has 1 amide bonds. The number of carbonyl (C=O) groups is 1. The highest BCUT2D eigenvalue weighted by Crippen LogP contribution is 2.30. The molecule has 3 aromatic rings. The molecule has 0 spiro atoms. The van der Waals surface area contributed by atoms with Gasteiger partial charge in [-0.1, -0.05) is 0 Å². The standard InChI is InChI=1S/C26H35N7O5/c1-25(2,3)38-24(35)31-26(4,5)15-28-21-12-16(8-9-34)30-23-20(14-27)22(32-33(21)23)29-17-10-18(36-6)13-19(11-17)37-7/h10-13,28,34H,8-9,15H2,1-7H3,(H,29,32)(H,31,35). The van der Waals surface area contributed by atoms with E-state index >= 15 is 0 Å². The van der Waals surface area contributed by atoms with Gasteiger partial charge in [0.2, 0.25) is 0 Å². The number of nitrogens with zero attached hydrogens (tertiary/aromatic N) is 4. The van der Waals surface area contributed by atoms with Crippen molar-refractivity contribution in [2.45, 2.75) is 52.2 Å². The normalized spacial score (nSPS) is 11.6. The second-order valence-electron chi connectivity index (χ2n) is 10.3. The summed E-state index contributed by atoms with van der Waals surface area (Å²) in [6, 6.07) is 9.17. The molecule has 12 nitrogen and oxygen atoms in total. The van der Waals surface area contributed by atoms with Gasteiger partial charge in [0.25, 0.3) is 0 Å². The first-order chi connectivity index (χ1) is 17.9. The fourth-order valence-electron chi connectivity index (χ4n) is 3.58. The Balaban J connectivity index is 1.96. The van der Waals surface area contributed by atoms with Gasteiger partial charge >= 0.3 is 6.09 Å². The Hall–Kier alpha value is -4.24. The third kappa shape index (κ3) is 7.17. The zero-order valence-electron chi connectivity index (χ0n) is 22.8. The summed E-state index contributed by atoms with van der Waals surface area (Å²) >= 11 is 0. The zero-order valence-corrected chi connectivity index (χ0v) is 22.8. The van der Waals surface area contributed by atoms with Crippen LogP contribution in [0.3, 0.4) is 0 Å². The van der Waals surface area contributed by atoms with Gasteiger partial charge in [0.1, 0.15) is 34.6 Å². The third-order valence-corrected chi connectivity index (χ3v) is 5.29. The lowest BCUT2D eigenvalue weighted by Gasteiger charge is -2.29. The molecule has 1 aromatic carbocycles. The predicted molar refractivity (Wildman–Crippen MR) is 143 cm³/mol. The summed E-state index contributed by atoms with van der Waals surface area (Å²) in [5.74, 6) is 1.95. The van der Waals surface area contributed by atoms with Gasteiger partial charge in [-0.05, 0) is 34.6 Å². The molecular weight excluding hydrogens is 490 g/mol. The summed E-state index contributed by atoms with van der Waals surface area (Å²) in [4.78, 5) is 16.9. The first-order valence-electron chi connectivity index (χ1n) is 12.1. The van der Waals surface area contributed by atoms with Gasteiger partial charge < -0.3 is 35.3 Å². The van der Waals surface area contributed by atoms with E-state index in [2.05, 4.69) is 32.1 Å². The third-order valence-electron chi connectivity index (χ3n) is 5.29. The average molecular weight is 526 g/mol. The summed E-state index contributed by atoms with van der Waals surface area (Å²) in [6.07, 6.45) is -0.243. The number of ether oxygens (including phenoxy) is 3. The summed E-state index contributed by atoms with van der Waals surface area (Å²) in [7, 11) is 3.10. The number of nitriles is 1. The lowest BCUT2D eigenvalue weighted by Crippen LogP contribution is -2.50. The van der Waals surface area contributed by atoms with E-state index in [0.29, 0.717) is 40.9 Å². The van der Waals surface area contributed by atoms with E-state index in [1.54, 1.807) is 59.3 Å². The van der Waals surface area contributed by atoms with Gasteiger partial charge in [0.05, 0.1) is 19.8 Å². The highest BCUT2D eigenvalue weighted by atomic mass is 16.6. The van der Waals surface area contributed by atoms with Crippen LogP contribution in [-0.4, -0.2) is 64.3 Å². The van der Waals surface area contributed by atoms with Gasteiger partial charge in [-0.15, -0.1) is 5.10 Å². The van der Waals surface area contributed by atoms with Crippen LogP contribution in [0.15, 0.2) is 24.3 Å². The van der Waals surface area contributed by atoms with Crippen molar-refractivity contribution in [3.8, 4) is 17.6 Å². The second-order valence-corrected chi connectivity index (χ2v) is 10.3. The maximum Gasteiger partial charge on any atom is 0.408 e. The van der Waals surface area contributed by atoms with Crippen molar-refractivity contribution < 1.29 is 24.1 Å². The number of methoxy groups -OCH3 is 2. The molecule has 0 aliphatic carbocycles. The number of anilines is 3. The van der Waals surface area contributed by atoms with Gasteiger partial charge in [0.15, 0.2) is 11.5 Å². The number of fused-ring (bicyclic) bond motifs is 1. The quantitative estimate of drug-likeness (QED) is 0.308. The Morgan fingerprint density at radius 2 is 1.76 bits per heavy atom. The molecule has 0 aliphatic rings. The number of benzene rings is 1. The van der Waals surface area contributed by atoms with Crippen LogP contribution in [-0.2, 0) is 11.2 Å². The van der Waals surface area contributed by atoms with Crippen molar-refractivity contribution in [2.75, 3.05) is 38.0 Å². The van der Waals surface area contributed by atoms with Crippen LogP contribution in [0.1, 0.15) is 45.9 Å². The van der Waals surface area contributed by atoms with E-state index in [-0.39, 0.29) is 24.4 Å². The van der Waals surface area contributed by atoms with Gasteiger partial charge in [0, 0.05) is 55.2 Å². The number of nitrogens with one attached hydrogen (secondary N) is 3. The van der Waals surface area contributed by atoms with Crippen LogP contribution in [0.4, 0.5) is 22.1 Å². The summed E-state index contributed by atoms with van der Waals surface area (Å²) < 4.78 is 17.6. The first kappa shape index (κ1) is 28.3. The number of amides is 1. The van der Waals surface area contributed by atoms with Crippen LogP contribution in [0.2, 0.25) is 0 Å². The number of aliphatic hydroxyl groups is 1. The van der Waals surface area contributed by atoms with Crippen LogP contribution < -0.4 is 25.4 Å². The van der Waals surface area contributed by atoms with E-state index in [1.165, 1.54) is 4.52 Å². The van der Waals surface area contributed by atoms with Crippen molar-refractivity contribution in [3.63, 3.8) is 0 Å². The molecule has 0 radical (unpaired) electrons. The molecule has 38 heavy (non-hydrogen) atoms. The van der Waals surface area contributed by atoms with Crippen LogP contribution >= 0.6 is 0 Å². The Kier molecular flexibility index (Phi) is 8.53. The second kappa shape index (κ2) is 11.4. The van der Waals surface area contributed by atoms with E-state index in [9.17, 15) is 15.2 Å². The number of hydrogen-bond acceptors (Lipinski definition) is 10. The monoisotopic (exact) mass is 525 g/mol. The van der Waals surface area contributed by atoms with Crippen LogP contribution in [0.5, 0.6) is 11.5 Å². The molecule has 204 valence electrons. The molecule has 0 saturated carbocycles. The molecule has 0 saturated heterocycles. The highest BCUT2D eigenvalue weighted by Gasteiger charge is 2.25. The summed E-state index contributed by atoms with van der Waals surface area (Å²) in [5, 5.41) is 33.4. The van der Waals surface area contributed by atoms with Gasteiger partial charge in [-0.3, -0.25) is 0 Å². The topological polar surface area (TPSA) is 155 Å². The minimum Gasteiger partial charge on any atom is -0.497 e. The van der Waals surface area contributed by atoms with Crippen molar-refractivity contribution in [2.24, 2.45) is 0 Å². The van der Waals surface area contributed by atoms with Gasteiger partial charge in [-0.25, -0.2) is 9.78 Å². The highest BCUT2D eigenvalue weighted by molar-refractivity contribution is 5.74. The van der Waals surface area contributed by atoms with E-state index in [4.69, 9.17) is 14.2 Å². The van der Waals surface area contributed by atoms with Gasteiger partial charge in [-0.2, -0.15) is 9.78 Å². The maximum absolute atomic E-state index is 12.3. The molecular formula is C26H35N7O5. The lowest BCUT2D eigenvalue weighted by atomic mass is 10.1.